The number of nitro benzene ring substituents is 1. The fraction of sp³-hybridized carbons (Fsp3) is 0.176. The Balaban J connectivity index is 1.96. The number of Topliss-reactive ketones (excluding diaryl/α,β-unsaturated/α-hetero) is 1. The van der Waals surface area contributed by atoms with Gasteiger partial charge in [0, 0.05) is 22.6 Å². The molecule has 0 heterocycles. The number of hydrogen-bond acceptors (Lipinski definition) is 6. The molecular weight excluding hydrogens is 330 g/mol. The van der Waals surface area contributed by atoms with Crippen molar-refractivity contribution in [1.82, 2.24) is 0 Å². The van der Waals surface area contributed by atoms with E-state index in [-0.39, 0.29) is 11.5 Å². The standard InChI is InChI=1S/C17H15NO5S/c1-11(19)13-3-7-15(8-4-13)23-17(20)12(2)24-16-9-5-14(6-10-16)18(21)22/h3-10,12H,1-2H3/t12-/m1/s1. The molecule has 0 aliphatic heterocycles. The highest BCUT2D eigenvalue weighted by molar-refractivity contribution is 8.00. The van der Waals surface area contributed by atoms with Crippen molar-refractivity contribution in [2.24, 2.45) is 0 Å². The third kappa shape index (κ3) is 4.66. The normalized spacial score (nSPS) is 11.6. The van der Waals surface area contributed by atoms with E-state index in [0.29, 0.717) is 11.3 Å². The summed E-state index contributed by atoms with van der Waals surface area (Å²) in [6.45, 7) is 3.16. The summed E-state index contributed by atoms with van der Waals surface area (Å²) < 4.78 is 5.27. The summed E-state index contributed by atoms with van der Waals surface area (Å²) in [7, 11) is 0. The van der Waals surface area contributed by atoms with Crippen LogP contribution in [0.4, 0.5) is 5.69 Å². The largest absolute Gasteiger partial charge is 0.426 e. The molecule has 124 valence electrons. The van der Waals surface area contributed by atoms with Gasteiger partial charge in [-0.25, -0.2) is 0 Å². The van der Waals surface area contributed by atoms with E-state index >= 15 is 0 Å². The molecule has 0 bridgehead atoms. The summed E-state index contributed by atoms with van der Waals surface area (Å²) in [4.78, 5) is 34.2. The second kappa shape index (κ2) is 7.74. The first kappa shape index (κ1) is 17.7. The number of ether oxygens (including phenoxy) is 1. The summed E-state index contributed by atoms with van der Waals surface area (Å²) in [5.41, 5.74) is 0.545. The van der Waals surface area contributed by atoms with Crippen LogP contribution in [-0.2, 0) is 4.79 Å². The van der Waals surface area contributed by atoms with Gasteiger partial charge in [0.05, 0.1) is 4.92 Å². The summed E-state index contributed by atoms with van der Waals surface area (Å²) >= 11 is 1.25. The second-order valence-corrected chi connectivity index (χ2v) is 6.43. The Bertz CT molecular complexity index is 756. The molecule has 0 saturated carbocycles. The number of ketones is 1. The molecule has 2 aromatic rings. The zero-order valence-electron chi connectivity index (χ0n) is 13.1. The Hall–Kier alpha value is -2.67. The van der Waals surface area contributed by atoms with Crippen molar-refractivity contribution in [1.29, 1.82) is 0 Å². The lowest BCUT2D eigenvalue weighted by Gasteiger charge is -2.11. The molecule has 0 aliphatic rings. The maximum Gasteiger partial charge on any atom is 0.324 e. The van der Waals surface area contributed by atoms with Crippen molar-refractivity contribution >= 4 is 29.2 Å². The second-order valence-electron chi connectivity index (χ2n) is 5.01. The van der Waals surface area contributed by atoms with Gasteiger partial charge in [0.25, 0.3) is 5.69 Å². The predicted octanol–water partition coefficient (Wildman–Crippen LogP) is 3.88. The van der Waals surface area contributed by atoms with Gasteiger partial charge in [0.2, 0.25) is 0 Å². The molecule has 0 unspecified atom stereocenters. The van der Waals surface area contributed by atoms with E-state index in [4.69, 9.17) is 4.74 Å². The molecule has 0 spiro atoms. The van der Waals surface area contributed by atoms with E-state index in [1.165, 1.54) is 30.8 Å². The summed E-state index contributed by atoms with van der Waals surface area (Å²) in [5, 5.41) is 10.1. The molecule has 0 fully saturated rings. The lowest BCUT2D eigenvalue weighted by molar-refractivity contribution is -0.384. The van der Waals surface area contributed by atoms with Crippen molar-refractivity contribution in [2.45, 2.75) is 24.0 Å². The zero-order chi connectivity index (χ0) is 17.7. The fourth-order valence-electron chi connectivity index (χ4n) is 1.86. The molecule has 0 radical (unpaired) electrons. The minimum Gasteiger partial charge on any atom is -0.426 e. The maximum absolute atomic E-state index is 12.1. The van der Waals surface area contributed by atoms with Crippen LogP contribution < -0.4 is 4.74 Å². The van der Waals surface area contributed by atoms with Gasteiger partial charge in [0.1, 0.15) is 11.0 Å². The SMILES string of the molecule is CC(=O)c1ccc(OC(=O)[C@@H](C)Sc2ccc([N+](=O)[O-])cc2)cc1. The Morgan fingerprint density at radius 3 is 2.17 bits per heavy atom. The molecular formula is C17H15NO5S. The van der Waals surface area contributed by atoms with Gasteiger partial charge in [-0.3, -0.25) is 19.7 Å². The number of esters is 1. The molecule has 0 amide bonds. The van der Waals surface area contributed by atoms with Crippen molar-refractivity contribution in [3.63, 3.8) is 0 Å². The van der Waals surface area contributed by atoms with Gasteiger partial charge in [-0.1, -0.05) is 0 Å². The number of carbonyl (C=O) groups excluding carboxylic acids is 2. The average Bonchev–Trinajstić information content (AvgIpc) is 2.55. The van der Waals surface area contributed by atoms with Crippen LogP contribution in [0, 0.1) is 10.1 Å². The van der Waals surface area contributed by atoms with Crippen molar-refractivity contribution in [2.75, 3.05) is 0 Å². The van der Waals surface area contributed by atoms with Crippen LogP contribution in [0.15, 0.2) is 53.4 Å². The molecule has 7 heteroatoms. The van der Waals surface area contributed by atoms with Crippen molar-refractivity contribution in [3.05, 3.63) is 64.2 Å². The predicted molar refractivity (Wildman–Crippen MR) is 90.5 cm³/mol. The van der Waals surface area contributed by atoms with Gasteiger partial charge < -0.3 is 4.74 Å². The number of hydrogen-bond donors (Lipinski definition) is 0. The summed E-state index contributed by atoms with van der Waals surface area (Å²) in [5.74, 6) is -0.134. The van der Waals surface area contributed by atoms with Gasteiger partial charge in [-0.2, -0.15) is 0 Å². The number of benzene rings is 2. The topological polar surface area (TPSA) is 86.5 Å². The molecule has 2 aromatic carbocycles. The van der Waals surface area contributed by atoms with E-state index in [9.17, 15) is 19.7 Å². The van der Waals surface area contributed by atoms with Gasteiger partial charge >= 0.3 is 5.97 Å². The molecule has 24 heavy (non-hydrogen) atoms. The first-order valence-corrected chi connectivity index (χ1v) is 7.98. The smallest absolute Gasteiger partial charge is 0.324 e. The monoisotopic (exact) mass is 345 g/mol. The minimum atomic E-state index is -0.487. The van der Waals surface area contributed by atoms with Gasteiger partial charge in [0.15, 0.2) is 5.78 Å². The van der Waals surface area contributed by atoms with E-state index in [2.05, 4.69) is 0 Å². The van der Waals surface area contributed by atoms with E-state index in [1.807, 2.05) is 0 Å². The van der Waals surface area contributed by atoms with E-state index in [0.717, 1.165) is 4.90 Å². The Morgan fingerprint density at radius 2 is 1.67 bits per heavy atom. The maximum atomic E-state index is 12.1. The molecule has 1 atom stereocenters. The van der Waals surface area contributed by atoms with E-state index in [1.54, 1.807) is 43.3 Å². The summed E-state index contributed by atoms with van der Waals surface area (Å²) in [6, 6.07) is 12.3. The zero-order valence-corrected chi connectivity index (χ0v) is 13.9. The highest BCUT2D eigenvalue weighted by atomic mass is 32.2. The van der Waals surface area contributed by atoms with Crippen LogP contribution in [0.2, 0.25) is 0 Å². The number of nitrogens with zero attached hydrogens (tertiary/aromatic N) is 1. The summed E-state index contributed by atoms with van der Waals surface area (Å²) in [6.07, 6.45) is 0. The van der Waals surface area contributed by atoms with Gasteiger partial charge in [-0.05, 0) is 50.2 Å². The average molecular weight is 345 g/mol. The third-order valence-electron chi connectivity index (χ3n) is 3.17. The van der Waals surface area contributed by atoms with Crippen LogP contribution in [0.1, 0.15) is 24.2 Å². The van der Waals surface area contributed by atoms with Crippen LogP contribution in [-0.4, -0.2) is 21.9 Å². The lowest BCUT2D eigenvalue weighted by Crippen LogP contribution is -2.19. The quantitative estimate of drug-likeness (QED) is 0.197. The number of nitro groups is 1. The fourth-order valence-corrected chi connectivity index (χ4v) is 2.70. The van der Waals surface area contributed by atoms with Crippen molar-refractivity contribution in [3.8, 4) is 5.75 Å². The van der Waals surface area contributed by atoms with Crippen molar-refractivity contribution < 1.29 is 19.2 Å². The highest BCUT2D eigenvalue weighted by Crippen LogP contribution is 2.26. The van der Waals surface area contributed by atoms with Crippen LogP contribution >= 0.6 is 11.8 Å². The Morgan fingerprint density at radius 1 is 1.08 bits per heavy atom. The Labute approximate surface area is 143 Å². The molecule has 0 aromatic heterocycles. The number of non-ortho nitro benzene ring substituents is 1. The molecule has 0 N–H and O–H groups in total. The number of rotatable bonds is 6. The minimum absolute atomic E-state index is 0.000130. The van der Waals surface area contributed by atoms with Crippen LogP contribution in [0.25, 0.3) is 0 Å². The molecule has 0 saturated heterocycles. The molecule has 6 nitrogen and oxygen atoms in total. The lowest BCUT2D eigenvalue weighted by atomic mass is 10.1. The van der Waals surface area contributed by atoms with Gasteiger partial charge in [-0.15, -0.1) is 11.8 Å². The number of carbonyl (C=O) groups is 2. The Kier molecular flexibility index (Phi) is 5.70. The molecule has 0 aliphatic carbocycles. The third-order valence-corrected chi connectivity index (χ3v) is 4.26. The molecule has 2 rings (SSSR count). The first-order valence-electron chi connectivity index (χ1n) is 7.10. The van der Waals surface area contributed by atoms with E-state index < -0.39 is 16.1 Å². The van der Waals surface area contributed by atoms with Crippen LogP contribution in [0.3, 0.4) is 0 Å². The highest BCUT2D eigenvalue weighted by Gasteiger charge is 2.17. The first-order chi connectivity index (χ1) is 11.4. The van der Waals surface area contributed by atoms with Crippen LogP contribution in [0.5, 0.6) is 5.75 Å². The number of thioether (sulfide) groups is 1.